The molecule has 0 radical (unpaired) electrons. The third-order valence-corrected chi connectivity index (χ3v) is 3.77. The number of nitrogens with two attached hydrogens (primary N) is 1. The summed E-state index contributed by atoms with van der Waals surface area (Å²) in [6, 6.07) is 7.56. The van der Waals surface area contributed by atoms with Crippen LogP contribution in [0.1, 0.15) is 25.3 Å². The zero-order valence-electron chi connectivity index (χ0n) is 10.4. The normalized spacial score (nSPS) is 26.1. The van der Waals surface area contributed by atoms with Crippen LogP contribution in [-0.2, 0) is 6.54 Å². The maximum absolute atomic E-state index is 13.6. The van der Waals surface area contributed by atoms with E-state index in [9.17, 15) is 4.39 Å². The van der Waals surface area contributed by atoms with E-state index in [-0.39, 0.29) is 5.82 Å². The molecule has 17 heavy (non-hydrogen) atoms. The molecule has 0 aliphatic carbocycles. The molecule has 1 aliphatic heterocycles. The summed E-state index contributed by atoms with van der Waals surface area (Å²) in [6.07, 6.45) is 2.36. The number of rotatable bonds is 3. The van der Waals surface area contributed by atoms with Gasteiger partial charge in [-0.25, -0.2) is 4.39 Å². The fourth-order valence-electron chi connectivity index (χ4n) is 2.52. The molecule has 0 saturated carbocycles. The van der Waals surface area contributed by atoms with Gasteiger partial charge in [-0.2, -0.15) is 0 Å². The zero-order valence-corrected chi connectivity index (χ0v) is 10.4. The molecule has 1 aliphatic rings. The van der Waals surface area contributed by atoms with Crippen molar-refractivity contribution in [2.45, 2.75) is 32.4 Å². The van der Waals surface area contributed by atoms with Crippen LogP contribution in [0.5, 0.6) is 0 Å². The monoisotopic (exact) mass is 236 g/mol. The fourth-order valence-corrected chi connectivity index (χ4v) is 2.52. The number of nitrogens with zero attached hydrogens (tertiary/aromatic N) is 1. The summed E-state index contributed by atoms with van der Waals surface area (Å²) in [5.74, 6) is 0.465. The second kappa shape index (κ2) is 5.61. The Balaban J connectivity index is 2.04. The molecular weight excluding hydrogens is 215 g/mol. The van der Waals surface area contributed by atoms with Crippen molar-refractivity contribution in [2.24, 2.45) is 11.7 Å². The maximum atomic E-state index is 13.6. The summed E-state index contributed by atoms with van der Waals surface area (Å²) in [6.45, 7) is 4.64. The van der Waals surface area contributed by atoms with E-state index in [2.05, 4.69) is 11.8 Å². The van der Waals surface area contributed by atoms with Crippen LogP contribution in [0.15, 0.2) is 24.3 Å². The van der Waals surface area contributed by atoms with Crippen LogP contribution in [0.2, 0.25) is 0 Å². The predicted molar refractivity (Wildman–Crippen MR) is 68.1 cm³/mol. The Hall–Kier alpha value is -0.930. The van der Waals surface area contributed by atoms with E-state index in [1.807, 2.05) is 12.1 Å². The summed E-state index contributed by atoms with van der Waals surface area (Å²) in [5, 5.41) is 0. The molecule has 2 atom stereocenters. The first-order valence-corrected chi connectivity index (χ1v) is 6.38. The molecule has 1 aromatic carbocycles. The van der Waals surface area contributed by atoms with Crippen LogP contribution in [0.25, 0.3) is 0 Å². The summed E-state index contributed by atoms with van der Waals surface area (Å²) >= 11 is 0. The van der Waals surface area contributed by atoms with Crippen LogP contribution >= 0.6 is 0 Å². The molecule has 0 bridgehead atoms. The third kappa shape index (κ3) is 3.05. The van der Waals surface area contributed by atoms with Crippen molar-refractivity contribution in [1.29, 1.82) is 0 Å². The Labute approximate surface area is 103 Å². The Bertz CT molecular complexity index is 367. The quantitative estimate of drug-likeness (QED) is 0.873. The highest BCUT2D eigenvalue weighted by atomic mass is 19.1. The van der Waals surface area contributed by atoms with Gasteiger partial charge in [-0.05, 0) is 38.3 Å². The first-order chi connectivity index (χ1) is 8.20. The lowest BCUT2D eigenvalue weighted by Crippen LogP contribution is -2.43. The van der Waals surface area contributed by atoms with Gasteiger partial charge >= 0.3 is 0 Å². The van der Waals surface area contributed by atoms with Gasteiger partial charge in [0.2, 0.25) is 0 Å². The summed E-state index contributed by atoms with van der Waals surface area (Å²) in [4.78, 5) is 2.35. The highest BCUT2D eigenvalue weighted by Crippen LogP contribution is 2.23. The van der Waals surface area contributed by atoms with E-state index >= 15 is 0 Å². The fraction of sp³-hybridized carbons (Fsp3) is 0.571. The Morgan fingerprint density at radius 1 is 1.35 bits per heavy atom. The van der Waals surface area contributed by atoms with E-state index in [0.29, 0.717) is 18.5 Å². The molecular formula is C14H21FN2. The van der Waals surface area contributed by atoms with Crippen LogP contribution in [0.3, 0.4) is 0 Å². The average Bonchev–Trinajstić information content (AvgIpc) is 2.35. The maximum Gasteiger partial charge on any atom is 0.127 e. The topological polar surface area (TPSA) is 29.3 Å². The van der Waals surface area contributed by atoms with Crippen molar-refractivity contribution in [1.82, 2.24) is 4.90 Å². The summed E-state index contributed by atoms with van der Waals surface area (Å²) < 4.78 is 13.6. The first-order valence-electron chi connectivity index (χ1n) is 6.38. The molecule has 0 spiro atoms. The molecule has 2 rings (SSSR count). The molecule has 1 fully saturated rings. The number of benzene rings is 1. The highest BCUT2D eigenvalue weighted by molar-refractivity contribution is 5.17. The van der Waals surface area contributed by atoms with E-state index < -0.39 is 0 Å². The van der Waals surface area contributed by atoms with Gasteiger partial charge in [0.15, 0.2) is 0 Å². The van der Waals surface area contributed by atoms with Gasteiger partial charge in [-0.15, -0.1) is 0 Å². The van der Waals surface area contributed by atoms with Gasteiger partial charge in [-0.1, -0.05) is 18.2 Å². The van der Waals surface area contributed by atoms with Crippen LogP contribution < -0.4 is 5.73 Å². The van der Waals surface area contributed by atoms with Gasteiger partial charge in [-0.3, -0.25) is 4.90 Å². The predicted octanol–water partition coefficient (Wildman–Crippen LogP) is 2.38. The van der Waals surface area contributed by atoms with Crippen LogP contribution in [0, 0.1) is 11.7 Å². The molecule has 94 valence electrons. The van der Waals surface area contributed by atoms with Gasteiger partial charge in [0.25, 0.3) is 0 Å². The molecule has 2 unspecified atom stereocenters. The van der Waals surface area contributed by atoms with Crippen LogP contribution in [-0.4, -0.2) is 24.0 Å². The molecule has 3 heteroatoms. The van der Waals surface area contributed by atoms with Crippen molar-refractivity contribution in [2.75, 3.05) is 13.1 Å². The lowest BCUT2D eigenvalue weighted by Gasteiger charge is -2.37. The number of likely N-dealkylation sites (tertiary alicyclic amines) is 1. The lowest BCUT2D eigenvalue weighted by atomic mass is 9.93. The van der Waals surface area contributed by atoms with E-state index in [4.69, 9.17) is 5.73 Å². The van der Waals surface area contributed by atoms with E-state index in [1.165, 1.54) is 12.5 Å². The average molecular weight is 236 g/mol. The Morgan fingerprint density at radius 3 is 2.82 bits per heavy atom. The van der Waals surface area contributed by atoms with Gasteiger partial charge in [0.05, 0.1) is 0 Å². The minimum atomic E-state index is -0.102. The molecule has 1 heterocycles. The molecule has 2 nitrogen and oxygen atoms in total. The number of piperidine rings is 1. The Morgan fingerprint density at radius 2 is 2.12 bits per heavy atom. The van der Waals surface area contributed by atoms with Crippen molar-refractivity contribution in [3.63, 3.8) is 0 Å². The first kappa shape index (κ1) is 12.5. The molecule has 1 saturated heterocycles. The minimum Gasteiger partial charge on any atom is -0.330 e. The van der Waals surface area contributed by atoms with Crippen molar-refractivity contribution in [3.8, 4) is 0 Å². The molecule has 2 N–H and O–H groups in total. The molecule has 0 amide bonds. The van der Waals surface area contributed by atoms with E-state index in [0.717, 1.165) is 25.1 Å². The van der Waals surface area contributed by atoms with Crippen molar-refractivity contribution < 1.29 is 4.39 Å². The summed E-state index contributed by atoms with van der Waals surface area (Å²) in [5.41, 5.74) is 6.52. The lowest BCUT2D eigenvalue weighted by molar-refractivity contribution is 0.112. The second-order valence-corrected chi connectivity index (χ2v) is 5.05. The molecule has 1 aromatic rings. The largest absolute Gasteiger partial charge is 0.330 e. The van der Waals surface area contributed by atoms with E-state index in [1.54, 1.807) is 6.07 Å². The van der Waals surface area contributed by atoms with Gasteiger partial charge in [0, 0.05) is 24.7 Å². The highest BCUT2D eigenvalue weighted by Gasteiger charge is 2.24. The summed E-state index contributed by atoms with van der Waals surface area (Å²) in [7, 11) is 0. The Kier molecular flexibility index (Phi) is 4.13. The number of halogens is 1. The SMILES string of the molecule is CC1CCC(CN)CN1Cc1ccccc1F. The van der Waals surface area contributed by atoms with Gasteiger partial charge in [0.1, 0.15) is 5.82 Å². The molecule has 0 aromatic heterocycles. The standard InChI is InChI=1S/C14H21FN2/c1-11-6-7-12(8-16)9-17(11)10-13-4-2-3-5-14(13)15/h2-5,11-12H,6-10,16H2,1H3. The smallest absolute Gasteiger partial charge is 0.127 e. The third-order valence-electron chi connectivity index (χ3n) is 3.77. The zero-order chi connectivity index (χ0) is 12.3. The van der Waals surface area contributed by atoms with Gasteiger partial charge < -0.3 is 5.73 Å². The van der Waals surface area contributed by atoms with Crippen molar-refractivity contribution in [3.05, 3.63) is 35.6 Å². The van der Waals surface area contributed by atoms with Crippen LogP contribution in [0.4, 0.5) is 4.39 Å². The second-order valence-electron chi connectivity index (χ2n) is 5.05. The minimum absolute atomic E-state index is 0.102. The van der Waals surface area contributed by atoms with Crippen molar-refractivity contribution >= 4 is 0 Å². The number of hydrogen-bond acceptors (Lipinski definition) is 2. The number of hydrogen-bond donors (Lipinski definition) is 1.